The van der Waals surface area contributed by atoms with Gasteiger partial charge in [0.25, 0.3) is 0 Å². The van der Waals surface area contributed by atoms with Gasteiger partial charge in [-0.2, -0.15) is 0 Å². The lowest BCUT2D eigenvalue weighted by molar-refractivity contribution is 0.420. The highest BCUT2D eigenvalue weighted by atomic mass is 32.2. The summed E-state index contributed by atoms with van der Waals surface area (Å²) in [5, 5.41) is 0.797. The molecule has 0 N–H and O–H groups in total. The van der Waals surface area contributed by atoms with E-state index in [-0.39, 0.29) is 0 Å². The van der Waals surface area contributed by atoms with Gasteiger partial charge in [-0.25, -0.2) is 0 Å². The van der Waals surface area contributed by atoms with Gasteiger partial charge in [0.2, 0.25) is 0 Å². The van der Waals surface area contributed by atoms with Crippen molar-refractivity contribution in [1.82, 2.24) is 0 Å². The molecule has 1 fully saturated rings. The molecule has 1 aliphatic rings. The van der Waals surface area contributed by atoms with Crippen LogP contribution >= 0.6 is 24.3 Å². The SMILES string of the molecule is CC(C)C1CCSOC1=S. The van der Waals surface area contributed by atoms with Crippen LogP contribution in [0.2, 0.25) is 0 Å². The molecule has 1 aliphatic heterocycles. The summed E-state index contributed by atoms with van der Waals surface area (Å²) in [6, 6.07) is 0. The fraction of sp³-hybridized carbons (Fsp3) is 0.857. The average Bonchev–Trinajstić information content (AvgIpc) is 1.88. The molecule has 1 unspecified atom stereocenters. The van der Waals surface area contributed by atoms with Gasteiger partial charge < -0.3 is 4.18 Å². The molecule has 0 spiro atoms. The van der Waals surface area contributed by atoms with Crippen molar-refractivity contribution in [3.05, 3.63) is 0 Å². The lowest BCUT2D eigenvalue weighted by Crippen LogP contribution is -2.23. The zero-order chi connectivity index (χ0) is 7.56. The van der Waals surface area contributed by atoms with E-state index in [4.69, 9.17) is 16.4 Å². The van der Waals surface area contributed by atoms with Crippen molar-refractivity contribution in [2.24, 2.45) is 11.8 Å². The Morgan fingerprint density at radius 1 is 1.70 bits per heavy atom. The molecule has 1 atom stereocenters. The Bertz CT molecular complexity index is 134. The van der Waals surface area contributed by atoms with E-state index in [9.17, 15) is 0 Å². The third kappa shape index (κ3) is 1.86. The topological polar surface area (TPSA) is 9.23 Å². The highest BCUT2D eigenvalue weighted by Crippen LogP contribution is 2.27. The van der Waals surface area contributed by atoms with Gasteiger partial charge in [0, 0.05) is 11.7 Å². The predicted molar refractivity (Wildman–Crippen MR) is 49.1 cm³/mol. The third-order valence-corrected chi connectivity index (χ3v) is 2.95. The zero-order valence-corrected chi connectivity index (χ0v) is 7.93. The number of hydrogen-bond donors (Lipinski definition) is 0. The second-order valence-corrected chi connectivity index (χ2v) is 4.08. The molecule has 1 heterocycles. The summed E-state index contributed by atoms with van der Waals surface area (Å²) >= 11 is 6.54. The van der Waals surface area contributed by atoms with Crippen molar-refractivity contribution in [3.8, 4) is 0 Å². The molecule has 0 bridgehead atoms. The Balaban J connectivity index is 2.48. The molecule has 1 saturated heterocycles. The molecule has 1 rings (SSSR count). The van der Waals surface area contributed by atoms with Crippen molar-refractivity contribution in [2.45, 2.75) is 20.3 Å². The molecule has 0 aromatic carbocycles. The van der Waals surface area contributed by atoms with Crippen LogP contribution < -0.4 is 0 Å². The van der Waals surface area contributed by atoms with Gasteiger partial charge in [0.15, 0.2) is 5.05 Å². The Morgan fingerprint density at radius 2 is 2.40 bits per heavy atom. The van der Waals surface area contributed by atoms with E-state index in [2.05, 4.69) is 13.8 Å². The van der Waals surface area contributed by atoms with Gasteiger partial charge in [-0.05, 0) is 24.6 Å². The van der Waals surface area contributed by atoms with Crippen LogP contribution in [0, 0.1) is 11.8 Å². The minimum absolute atomic E-state index is 0.510. The van der Waals surface area contributed by atoms with Crippen LogP contribution in [-0.4, -0.2) is 10.8 Å². The Hall–Kier alpha value is 0.240. The van der Waals surface area contributed by atoms with Crippen LogP contribution in [0.3, 0.4) is 0 Å². The minimum Gasteiger partial charge on any atom is -0.418 e. The van der Waals surface area contributed by atoms with Crippen LogP contribution in [0.5, 0.6) is 0 Å². The Morgan fingerprint density at radius 3 is 2.80 bits per heavy atom. The monoisotopic (exact) mass is 176 g/mol. The second kappa shape index (κ2) is 3.58. The van der Waals surface area contributed by atoms with E-state index in [1.807, 2.05) is 0 Å². The maximum atomic E-state index is 5.20. The van der Waals surface area contributed by atoms with Gasteiger partial charge >= 0.3 is 0 Å². The van der Waals surface area contributed by atoms with Gasteiger partial charge in [-0.1, -0.05) is 13.8 Å². The summed E-state index contributed by atoms with van der Waals surface area (Å²) in [7, 11) is 0. The molecule has 58 valence electrons. The summed E-state index contributed by atoms with van der Waals surface area (Å²) in [6.45, 7) is 4.38. The molecule has 10 heavy (non-hydrogen) atoms. The highest BCUT2D eigenvalue weighted by molar-refractivity contribution is 7.96. The minimum atomic E-state index is 0.510. The molecule has 0 aromatic heterocycles. The van der Waals surface area contributed by atoms with Crippen LogP contribution in [0.15, 0.2) is 0 Å². The van der Waals surface area contributed by atoms with Gasteiger partial charge in [-0.3, -0.25) is 0 Å². The number of thiocarbonyl (C=S) groups is 1. The maximum Gasteiger partial charge on any atom is 0.180 e. The van der Waals surface area contributed by atoms with E-state index >= 15 is 0 Å². The summed E-state index contributed by atoms with van der Waals surface area (Å²) in [4.78, 5) is 0. The van der Waals surface area contributed by atoms with E-state index < -0.39 is 0 Å². The lowest BCUT2D eigenvalue weighted by Gasteiger charge is -2.24. The first-order valence-electron chi connectivity index (χ1n) is 3.55. The van der Waals surface area contributed by atoms with Crippen molar-refractivity contribution in [2.75, 3.05) is 5.75 Å². The molecule has 0 saturated carbocycles. The summed E-state index contributed by atoms with van der Waals surface area (Å²) in [5.74, 6) is 2.23. The standard InChI is InChI=1S/C7H12OS2/c1-5(2)6-3-4-10-8-7(6)9/h5-6H,3-4H2,1-2H3. The quantitative estimate of drug-likeness (QED) is 0.449. The van der Waals surface area contributed by atoms with Crippen molar-refractivity contribution < 1.29 is 4.18 Å². The number of hydrogen-bond acceptors (Lipinski definition) is 3. The molecule has 1 nitrogen and oxygen atoms in total. The Labute approximate surface area is 71.7 Å². The molecule has 0 aromatic rings. The zero-order valence-electron chi connectivity index (χ0n) is 6.29. The van der Waals surface area contributed by atoms with Crippen LogP contribution in [0.4, 0.5) is 0 Å². The van der Waals surface area contributed by atoms with Crippen LogP contribution in [-0.2, 0) is 4.18 Å². The van der Waals surface area contributed by atoms with E-state index in [0.29, 0.717) is 11.8 Å². The summed E-state index contributed by atoms with van der Waals surface area (Å²) in [5.41, 5.74) is 0. The van der Waals surface area contributed by atoms with E-state index in [0.717, 1.165) is 10.8 Å². The molecule has 3 heteroatoms. The molecular weight excluding hydrogens is 164 g/mol. The smallest absolute Gasteiger partial charge is 0.180 e. The van der Waals surface area contributed by atoms with Crippen LogP contribution in [0.25, 0.3) is 0 Å². The first-order chi connectivity index (χ1) is 4.72. The van der Waals surface area contributed by atoms with E-state index in [1.54, 1.807) is 0 Å². The number of rotatable bonds is 1. The molecule has 0 aliphatic carbocycles. The van der Waals surface area contributed by atoms with Gasteiger partial charge in [-0.15, -0.1) is 0 Å². The van der Waals surface area contributed by atoms with Gasteiger partial charge in [0.1, 0.15) is 0 Å². The Kier molecular flexibility index (Phi) is 2.98. The second-order valence-electron chi connectivity index (χ2n) is 2.86. The van der Waals surface area contributed by atoms with Crippen molar-refractivity contribution >= 4 is 29.3 Å². The highest BCUT2D eigenvalue weighted by Gasteiger charge is 2.23. The molecule has 0 amide bonds. The lowest BCUT2D eigenvalue weighted by atomic mass is 9.94. The summed E-state index contributed by atoms with van der Waals surface area (Å²) in [6.07, 6.45) is 1.18. The summed E-state index contributed by atoms with van der Waals surface area (Å²) < 4.78 is 5.20. The third-order valence-electron chi connectivity index (χ3n) is 1.76. The largest absolute Gasteiger partial charge is 0.418 e. The molecular formula is C7H12OS2. The van der Waals surface area contributed by atoms with Gasteiger partial charge in [0.05, 0.1) is 12.0 Å². The predicted octanol–water partition coefficient (Wildman–Crippen LogP) is 2.65. The van der Waals surface area contributed by atoms with Crippen molar-refractivity contribution in [1.29, 1.82) is 0 Å². The van der Waals surface area contributed by atoms with E-state index in [1.165, 1.54) is 18.5 Å². The maximum absolute atomic E-state index is 5.20. The average molecular weight is 176 g/mol. The fourth-order valence-corrected chi connectivity index (χ4v) is 2.27. The fourth-order valence-electron chi connectivity index (χ4n) is 1.06. The normalized spacial score (nSPS) is 26.7. The van der Waals surface area contributed by atoms with Crippen molar-refractivity contribution in [3.63, 3.8) is 0 Å². The molecule has 0 radical (unpaired) electrons. The first kappa shape index (κ1) is 8.34. The first-order valence-corrected chi connectivity index (χ1v) is 4.87. The van der Waals surface area contributed by atoms with Crippen LogP contribution in [0.1, 0.15) is 20.3 Å².